The van der Waals surface area contributed by atoms with Crippen molar-refractivity contribution in [2.75, 3.05) is 0 Å². The summed E-state index contributed by atoms with van der Waals surface area (Å²) < 4.78 is 0. The summed E-state index contributed by atoms with van der Waals surface area (Å²) in [5.41, 5.74) is 0.0775. The van der Waals surface area contributed by atoms with Crippen molar-refractivity contribution in [1.29, 1.82) is 5.26 Å². The van der Waals surface area contributed by atoms with E-state index in [9.17, 15) is 20.3 Å². The zero-order chi connectivity index (χ0) is 16.8. The molecule has 0 saturated heterocycles. The fourth-order valence-electron chi connectivity index (χ4n) is 2.81. The number of hydrogen-bond donors (Lipinski definition) is 2. The summed E-state index contributed by atoms with van der Waals surface area (Å²) in [5.74, 6) is -1.12. The van der Waals surface area contributed by atoms with Crippen LogP contribution in [0.15, 0.2) is 24.3 Å². The van der Waals surface area contributed by atoms with Crippen molar-refractivity contribution in [1.82, 2.24) is 0 Å². The Kier molecular flexibility index (Phi) is 5.59. The van der Waals surface area contributed by atoms with Gasteiger partial charge in [0.25, 0.3) is 0 Å². The summed E-state index contributed by atoms with van der Waals surface area (Å²) in [7, 11) is 0. The molecule has 0 aliphatic carbocycles. The molecule has 0 radical (unpaired) electrons. The lowest BCUT2D eigenvalue weighted by molar-refractivity contribution is 0.0976. The van der Waals surface area contributed by atoms with Crippen LogP contribution in [0.5, 0.6) is 11.5 Å². The molecule has 0 atom stereocenters. The molecule has 2 N–H and O–H groups in total. The van der Waals surface area contributed by atoms with E-state index < -0.39 is 5.75 Å². The van der Waals surface area contributed by atoms with Crippen molar-refractivity contribution >= 4 is 16.6 Å². The Morgan fingerprint density at radius 3 is 2.35 bits per heavy atom. The normalized spacial score (nSPS) is 10.6. The molecule has 2 aromatic rings. The van der Waals surface area contributed by atoms with Crippen LogP contribution >= 0.6 is 0 Å². The topological polar surface area (TPSA) is 81.3 Å². The van der Waals surface area contributed by atoms with Crippen LogP contribution in [0.4, 0.5) is 0 Å². The zero-order valence-electron chi connectivity index (χ0n) is 13.3. The molecule has 0 saturated carbocycles. The minimum atomic E-state index is -0.487. The number of aromatic hydroxyl groups is 2. The number of phenols is 2. The van der Waals surface area contributed by atoms with Gasteiger partial charge in [0, 0.05) is 17.2 Å². The number of ketones is 1. The predicted octanol–water partition coefficient (Wildman–Crippen LogP) is 4.67. The van der Waals surface area contributed by atoms with Crippen LogP contribution in [0.1, 0.15) is 61.4 Å². The number of benzene rings is 2. The minimum Gasteiger partial charge on any atom is -0.504 e. The Labute approximate surface area is 136 Å². The van der Waals surface area contributed by atoms with E-state index in [1.54, 1.807) is 24.3 Å². The van der Waals surface area contributed by atoms with Crippen LogP contribution in [-0.4, -0.2) is 16.0 Å². The van der Waals surface area contributed by atoms with Crippen molar-refractivity contribution in [3.63, 3.8) is 0 Å². The number of phenolic OH excluding ortho intramolecular Hbond substituents is 2. The lowest BCUT2D eigenvalue weighted by atomic mass is 9.93. The van der Waals surface area contributed by atoms with Crippen molar-refractivity contribution < 1.29 is 15.0 Å². The highest BCUT2D eigenvalue weighted by atomic mass is 16.3. The van der Waals surface area contributed by atoms with Gasteiger partial charge < -0.3 is 10.2 Å². The Morgan fingerprint density at radius 2 is 1.70 bits per heavy atom. The molecule has 0 unspecified atom stereocenters. The average Bonchev–Trinajstić information content (AvgIpc) is 2.57. The molecular weight excluding hydrogens is 290 g/mol. The summed E-state index contributed by atoms with van der Waals surface area (Å²) in [5, 5.41) is 30.6. The monoisotopic (exact) mass is 311 g/mol. The van der Waals surface area contributed by atoms with Crippen LogP contribution < -0.4 is 0 Å². The number of nitriles is 1. The van der Waals surface area contributed by atoms with Crippen LogP contribution in [-0.2, 0) is 0 Å². The molecule has 23 heavy (non-hydrogen) atoms. The van der Waals surface area contributed by atoms with Gasteiger partial charge in [-0.05, 0) is 6.42 Å². The van der Waals surface area contributed by atoms with Crippen LogP contribution in [0.3, 0.4) is 0 Å². The van der Waals surface area contributed by atoms with Crippen molar-refractivity contribution in [3.8, 4) is 17.6 Å². The smallest absolute Gasteiger partial charge is 0.170 e. The standard InChI is InChI=1S/C19H21NO3/c1-2-3-4-5-6-11-16(21)17-15(12-20)13-9-7-8-10-14(13)18(22)19(17)23/h7-10,22-23H,2-6,11H2,1H3. The van der Waals surface area contributed by atoms with Gasteiger partial charge >= 0.3 is 0 Å². The van der Waals surface area contributed by atoms with Crippen molar-refractivity contribution in [2.24, 2.45) is 0 Å². The first-order chi connectivity index (χ1) is 11.1. The van der Waals surface area contributed by atoms with Gasteiger partial charge in [-0.3, -0.25) is 4.79 Å². The molecule has 4 nitrogen and oxygen atoms in total. The minimum absolute atomic E-state index is 0.0563. The maximum atomic E-state index is 12.5. The van der Waals surface area contributed by atoms with Gasteiger partial charge in [-0.2, -0.15) is 5.26 Å². The lowest BCUT2D eigenvalue weighted by Crippen LogP contribution is -2.04. The molecule has 4 heteroatoms. The largest absolute Gasteiger partial charge is 0.504 e. The molecule has 2 rings (SSSR count). The SMILES string of the molecule is CCCCCCCC(=O)c1c(O)c(O)c2ccccc2c1C#N. The number of Topliss-reactive ketones (excluding diaryl/α,β-unsaturated/α-hetero) is 1. The molecule has 0 aromatic heterocycles. The number of carbonyl (C=O) groups is 1. The van der Waals surface area contributed by atoms with E-state index in [0.29, 0.717) is 10.8 Å². The van der Waals surface area contributed by atoms with Gasteiger partial charge in [0.2, 0.25) is 0 Å². The third-order valence-corrected chi connectivity index (χ3v) is 4.06. The van der Waals surface area contributed by atoms with Gasteiger partial charge in [0.1, 0.15) is 6.07 Å². The van der Waals surface area contributed by atoms with Crippen LogP contribution in [0.25, 0.3) is 10.8 Å². The highest BCUT2D eigenvalue weighted by Crippen LogP contribution is 2.40. The third-order valence-electron chi connectivity index (χ3n) is 4.06. The van der Waals surface area contributed by atoms with E-state index in [2.05, 4.69) is 6.92 Å². The summed E-state index contributed by atoms with van der Waals surface area (Å²) >= 11 is 0. The first-order valence-corrected chi connectivity index (χ1v) is 8.01. The number of fused-ring (bicyclic) bond motifs is 1. The van der Waals surface area contributed by atoms with E-state index in [4.69, 9.17) is 0 Å². The highest BCUT2D eigenvalue weighted by Gasteiger charge is 2.23. The Hall–Kier alpha value is -2.54. The molecule has 0 heterocycles. The van der Waals surface area contributed by atoms with E-state index >= 15 is 0 Å². The highest BCUT2D eigenvalue weighted by molar-refractivity contribution is 6.09. The maximum absolute atomic E-state index is 12.5. The molecule has 0 bridgehead atoms. The van der Waals surface area contributed by atoms with E-state index in [0.717, 1.165) is 32.1 Å². The number of nitrogens with zero attached hydrogens (tertiary/aromatic N) is 1. The first-order valence-electron chi connectivity index (χ1n) is 8.01. The Bertz CT molecular complexity index is 759. The Morgan fingerprint density at radius 1 is 1.04 bits per heavy atom. The van der Waals surface area contributed by atoms with Crippen LogP contribution in [0.2, 0.25) is 0 Å². The van der Waals surface area contributed by atoms with E-state index in [-0.39, 0.29) is 29.1 Å². The molecule has 0 aliphatic rings. The molecule has 0 fully saturated rings. The van der Waals surface area contributed by atoms with Gasteiger partial charge in [0.05, 0.1) is 11.1 Å². The Balaban J connectivity index is 2.35. The number of carbonyl (C=O) groups excluding carboxylic acids is 1. The summed E-state index contributed by atoms with van der Waals surface area (Å²) in [4.78, 5) is 12.5. The van der Waals surface area contributed by atoms with Crippen LogP contribution in [0, 0.1) is 11.3 Å². The number of unbranched alkanes of at least 4 members (excludes halogenated alkanes) is 4. The zero-order valence-corrected chi connectivity index (χ0v) is 13.3. The molecule has 0 aliphatic heterocycles. The fraction of sp³-hybridized carbons (Fsp3) is 0.368. The van der Waals surface area contributed by atoms with Gasteiger partial charge in [-0.15, -0.1) is 0 Å². The summed E-state index contributed by atoms with van der Waals surface area (Å²) in [6.07, 6.45) is 5.28. The van der Waals surface area contributed by atoms with Gasteiger partial charge in [0.15, 0.2) is 17.3 Å². The van der Waals surface area contributed by atoms with Crippen molar-refractivity contribution in [3.05, 3.63) is 35.4 Å². The average molecular weight is 311 g/mol. The first kappa shape index (κ1) is 16.8. The van der Waals surface area contributed by atoms with Gasteiger partial charge in [-0.25, -0.2) is 0 Å². The number of hydrogen-bond acceptors (Lipinski definition) is 4. The lowest BCUT2D eigenvalue weighted by Gasteiger charge is -2.12. The maximum Gasteiger partial charge on any atom is 0.170 e. The molecule has 120 valence electrons. The van der Waals surface area contributed by atoms with Gasteiger partial charge in [-0.1, -0.05) is 56.9 Å². The second kappa shape index (κ2) is 7.64. The predicted molar refractivity (Wildman–Crippen MR) is 89.7 cm³/mol. The van der Waals surface area contributed by atoms with E-state index in [1.165, 1.54) is 0 Å². The van der Waals surface area contributed by atoms with Crippen molar-refractivity contribution in [2.45, 2.75) is 45.4 Å². The fourth-order valence-corrected chi connectivity index (χ4v) is 2.81. The number of rotatable bonds is 7. The molecule has 0 spiro atoms. The second-order valence-electron chi connectivity index (χ2n) is 5.69. The van der Waals surface area contributed by atoms with E-state index in [1.807, 2.05) is 6.07 Å². The third kappa shape index (κ3) is 3.45. The molecular formula is C19H21NO3. The summed E-state index contributed by atoms with van der Waals surface area (Å²) in [6.45, 7) is 2.13. The molecule has 0 amide bonds. The summed E-state index contributed by atoms with van der Waals surface area (Å²) in [6, 6.07) is 8.73. The second-order valence-corrected chi connectivity index (χ2v) is 5.69. The molecule has 2 aromatic carbocycles. The quantitative estimate of drug-likeness (QED) is 0.442.